The molecule has 2 heterocycles. The highest BCUT2D eigenvalue weighted by atomic mass is 32.2. The highest BCUT2D eigenvalue weighted by molar-refractivity contribution is 7.91. The maximum atomic E-state index is 11.5. The quantitative estimate of drug-likeness (QED) is 0.736. The molecule has 0 radical (unpaired) electrons. The molecule has 0 spiro atoms. The van der Waals surface area contributed by atoms with Gasteiger partial charge in [-0.3, -0.25) is 0 Å². The lowest BCUT2D eigenvalue weighted by Gasteiger charge is -2.29. The van der Waals surface area contributed by atoms with E-state index in [1.54, 1.807) is 0 Å². The monoisotopic (exact) mass is 231 g/mol. The van der Waals surface area contributed by atoms with Crippen LogP contribution in [0.25, 0.3) is 0 Å². The van der Waals surface area contributed by atoms with Crippen molar-refractivity contribution in [3.8, 4) is 0 Å². The van der Waals surface area contributed by atoms with Crippen molar-refractivity contribution in [1.82, 2.24) is 10.1 Å². The Morgan fingerprint density at radius 1 is 1.53 bits per heavy atom. The second-order valence-electron chi connectivity index (χ2n) is 4.21. The third-order valence-electron chi connectivity index (χ3n) is 2.70. The van der Waals surface area contributed by atoms with E-state index in [0.29, 0.717) is 12.2 Å². The van der Waals surface area contributed by atoms with Crippen LogP contribution in [0.2, 0.25) is 0 Å². The molecular formula is C8H13N3O3S. The highest BCUT2D eigenvalue weighted by Gasteiger charge is 2.39. The van der Waals surface area contributed by atoms with Gasteiger partial charge in [0.05, 0.1) is 11.5 Å². The van der Waals surface area contributed by atoms with Crippen LogP contribution in [0.4, 0.5) is 6.01 Å². The van der Waals surface area contributed by atoms with Crippen molar-refractivity contribution in [1.29, 1.82) is 0 Å². The summed E-state index contributed by atoms with van der Waals surface area (Å²) >= 11 is 0. The number of nitrogen functional groups attached to an aromatic ring is 1. The Bertz CT molecular complexity index is 467. The number of rotatable bonds is 1. The first-order valence-corrected chi connectivity index (χ1v) is 6.54. The van der Waals surface area contributed by atoms with Crippen LogP contribution in [0.3, 0.4) is 0 Å². The van der Waals surface area contributed by atoms with Crippen LogP contribution in [0.15, 0.2) is 4.52 Å². The van der Waals surface area contributed by atoms with E-state index in [9.17, 15) is 8.42 Å². The number of aromatic nitrogens is 2. The van der Waals surface area contributed by atoms with Crippen molar-refractivity contribution in [2.45, 2.75) is 25.2 Å². The molecule has 1 aromatic heterocycles. The number of anilines is 1. The molecule has 1 aliphatic heterocycles. The Balaban J connectivity index is 2.34. The molecule has 1 aliphatic rings. The van der Waals surface area contributed by atoms with Crippen LogP contribution in [0.5, 0.6) is 0 Å². The standard InChI is InChI=1S/C8H13N3O3S/c1-8(6-10-7(9)14-11-6)3-2-4-15(12,13)5-8/h2-5H2,1H3,(H2,9,10,11). The van der Waals surface area contributed by atoms with E-state index in [1.807, 2.05) is 6.92 Å². The van der Waals surface area contributed by atoms with E-state index < -0.39 is 15.3 Å². The van der Waals surface area contributed by atoms with Gasteiger partial charge < -0.3 is 10.3 Å². The van der Waals surface area contributed by atoms with Crippen molar-refractivity contribution in [3.05, 3.63) is 5.82 Å². The number of nitrogens with zero attached hydrogens (tertiary/aromatic N) is 2. The van der Waals surface area contributed by atoms with Gasteiger partial charge in [0.2, 0.25) is 0 Å². The zero-order chi connectivity index (χ0) is 11.1. The largest absolute Gasteiger partial charge is 0.351 e. The third kappa shape index (κ3) is 1.97. The molecule has 7 heteroatoms. The molecule has 0 saturated carbocycles. The summed E-state index contributed by atoms with van der Waals surface area (Å²) in [4.78, 5) is 3.91. The van der Waals surface area contributed by atoms with Gasteiger partial charge in [0, 0.05) is 5.41 Å². The summed E-state index contributed by atoms with van der Waals surface area (Å²) in [5.41, 5.74) is 4.76. The first-order valence-electron chi connectivity index (χ1n) is 4.71. The van der Waals surface area contributed by atoms with Gasteiger partial charge in [-0.05, 0) is 12.8 Å². The SMILES string of the molecule is CC1(c2noc(N)n2)CCCS(=O)(=O)C1. The van der Waals surface area contributed by atoms with Gasteiger partial charge in [0.25, 0.3) is 0 Å². The number of hydrogen-bond acceptors (Lipinski definition) is 6. The fourth-order valence-corrected chi connectivity index (χ4v) is 3.94. The molecule has 1 atom stereocenters. The Morgan fingerprint density at radius 2 is 2.27 bits per heavy atom. The van der Waals surface area contributed by atoms with Gasteiger partial charge in [-0.25, -0.2) is 8.42 Å². The van der Waals surface area contributed by atoms with Crippen molar-refractivity contribution >= 4 is 15.9 Å². The summed E-state index contributed by atoms with van der Waals surface area (Å²) in [6.45, 7) is 1.83. The Kier molecular flexibility index (Phi) is 2.22. The fraction of sp³-hybridized carbons (Fsp3) is 0.750. The first kappa shape index (κ1) is 10.4. The zero-order valence-corrected chi connectivity index (χ0v) is 9.25. The van der Waals surface area contributed by atoms with Crippen LogP contribution in [0, 0.1) is 0 Å². The molecule has 2 rings (SSSR count). The van der Waals surface area contributed by atoms with Gasteiger partial charge in [-0.1, -0.05) is 12.1 Å². The molecule has 1 aromatic rings. The molecule has 0 bridgehead atoms. The van der Waals surface area contributed by atoms with Gasteiger partial charge in [-0.15, -0.1) is 0 Å². The summed E-state index contributed by atoms with van der Waals surface area (Å²) in [7, 11) is -2.99. The summed E-state index contributed by atoms with van der Waals surface area (Å²) in [5, 5.41) is 3.70. The topological polar surface area (TPSA) is 99.1 Å². The third-order valence-corrected chi connectivity index (χ3v) is 4.69. The molecule has 15 heavy (non-hydrogen) atoms. The van der Waals surface area contributed by atoms with Gasteiger partial charge in [0.15, 0.2) is 15.7 Å². The van der Waals surface area contributed by atoms with Gasteiger partial charge >= 0.3 is 6.01 Å². The Labute approximate surface area is 87.8 Å². The second-order valence-corrected chi connectivity index (χ2v) is 6.40. The number of sulfone groups is 1. The second kappa shape index (κ2) is 3.19. The van der Waals surface area contributed by atoms with E-state index >= 15 is 0 Å². The highest BCUT2D eigenvalue weighted by Crippen LogP contribution is 2.33. The van der Waals surface area contributed by atoms with E-state index in [4.69, 9.17) is 5.73 Å². The lowest BCUT2D eigenvalue weighted by Crippen LogP contribution is -2.38. The lowest BCUT2D eigenvalue weighted by atomic mass is 9.86. The zero-order valence-electron chi connectivity index (χ0n) is 8.43. The maximum absolute atomic E-state index is 11.5. The Morgan fingerprint density at radius 3 is 2.80 bits per heavy atom. The van der Waals surface area contributed by atoms with E-state index in [-0.39, 0.29) is 17.5 Å². The molecule has 6 nitrogen and oxygen atoms in total. The minimum atomic E-state index is -2.99. The van der Waals surface area contributed by atoms with Crippen molar-refractivity contribution in [2.24, 2.45) is 0 Å². The first-order chi connectivity index (χ1) is 6.91. The fourth-order valence-electron chi connectivity index (χ4n) is 1.97. The smallest absolute Gasteiger partial charge is 0.318 e. The van der Waals surface area contributed by atoms with E-state index in [0.717, 1.165) is 6.42 Å². The van der Waals surface area contributed by atoms with E-state index in [1.165, 1.54) is 0 Å². The normalized spacial score (nSPS) is 30.2. The van der Waals surface area contributed by atoms with Crippen LogP contribution in [-0.4, -0.2) is 30.1 Å². The summed E-state index contributed by atoms with van der Waals surface area (Å²) < 4.78 is 27.7. The molecule has 2 N–H and O–H groups in total. The molecule has 0 amide bonds. The summed E-state index contributed by atoms with van der Waals surface area (Å²) in [6, 6.07) is -0.0193. The van der Waals surface area contributed by atoms with Crippen molar-refractivity contribution < 1.29 is 12.9 Å². The average molecular weight is 231 g/mol. The number of hydrogen-bond donors (Lipinski definition) is 1. The number of nitrogens with two attached hydrogens (primary N) is 1. The van der Waals surface area contributed by atoms with E-state index in [2.05, 4.69) is 14.7 Å². The molecule has 0 aromatic carbocycles. The minimum Gasteiger partial charge on any atom is -0.351 e. The Hall–Kier alpha value is -1.11. The minimum absolute atomic E-state index is 0.0193. The molecular weight excluding hydrogens is 218 g/mol. The molecule has 1 fully saturated rings. The van der Waals surface area contributed by atoms with Crippen molar-refractivity contribution in [3.63, 3.8) is 0 Å². The maximum Gasteiger partial charge on any atom is 0.318 e. The molecule has 1 unspecified atom stereocenters. The van der Waals surface area contributed by atoms with Crippen LogP contribution >= 0.6 is 0 Å². The lowest BCUT2D eigenvalue weighted by molar-refractivity contribution is 0.375. The van der Waals surface area contributed by atoms with Gasteiger partial charge in [0.1, 0.15) is 0 Å². The van der Waals surface area contributed by atoms with Crippen LogP contribution < -0.4 is 5.73 Å². The molecule has 84 valence electrons. The summed E-state index contributed by atoms with van der Waals surface area (Å²) in [5.74, 6) is 0.706. The summed E-state index contributed by atoms with van der Waals surface area (Å²) in [6.07, 6.45) is 1.37. The predicted octanol–water partition coefficient (Wildman–Crippen LogP) is 0.118. The molecule has 0 aliphatic carbocycles. The molecule has 1 saturated heterocycles. The van der Waals surface area contributed by atoms with Crippen molar-refractivity contribution in [2.75, 3.05) is 17.2 Å². The average Bonchev–Trinajstić information content (AvgIpc) is 2.49. The van der Waals surface area contributed by atoms with Crippen LogP contribution in [-0.2, 0) is 15.3 Å². The van der Waals surface area contributed by atoms with Gasteiger partial charge in [-0.2, -0.15) is 4.98 Å². The van der Waals surface area contributed by atoms with Crippen LogP contribution in [0.1, 0.15) is 25.6 Å². The predicted molar refractivity (Wildman–Crippen MR) is 54.0 cm³/mol.